The standard InChI is InChI=1S/C19H20N4O3/c1-13-3-2-4-16(11-13)20-19(24)23-8-5-14(6-9-23)17-21-22-18(26-17)15-7-10-25-12-15/h2-4,7,10-12,14H,5-6,8-9H2,1H3,(H,20,24). The predicted molar refractivity (Wildman–Crippen MR) is 95.7 cm³/mol. The lowest BCUT2D eigenvalue weighted by Gasteiger charge is -2.30. The van der Waals surface area contributed by atoms with E-state index >= 15 is 0 Å². The molecule has 0 aliphatic carbocycles. The quantitative estimate of drug-likeness (QED) is 0.769. The maximum atomic E-state index is 12.4. The van der Waals surface area contributed by atoms with Gasteiger partial charge in [-0.1, -0.05) is 12.1 Å². The van der Waals surface area contributed by atoms with E-state index < -0.39 is 0 Å². The van der Waals surface area contributed by atoms with Crippen molar-refractivity contribution < 1.29 is 13.6 Å². The van der Waals surface area contributed by atoms with E-state index in [0.29, 0.717) is 24.9 Å². The Labute approximate surface area is 151 Å². The van der Waals surface area contributed by atoms with Gasteiger partial charge in [-0.3, -0.25) is 0 Å². The molecular formula is C19H20N4O3. The van der Waals surface area contributed by atoms with Gasteiger partial charge in [0.05, 0.1) is 11.8 Å². The monoisotopic (exact) mass is 352 g/mol. The first kappa shape index (κ1) is 16.4. The van der Waals surface area contributed by atoms with Crippen LogP contribution < -0.4 is 5.32 Å². The van der Waals surface area contributed by atoms with E-state index in [1.54, 1.807) is 18.6 Å². The molecule has 134 valence electrons. The zero-order valence-corrected chi connectivity index (χ0v) is 14.5. The van der Waals surface area contributed by atoms with E-state index in [4.69, 9.17) is 8.83 Å². The highest BCUT2D eigenvalue weighted by atomic mass is 16.4. The van der Waals surface area contributed by atoms with E-state index in [0.717, 1.165) is 29.7 Å². The van der Waals surface area contributed by atoms with Crippen LogP contribution in [0.15, 0.2) is 51.7 Å². The normalized spacial score (nSPS) is 15.2. The van der Waals surface area contributed by atoms with E-state index in [9.17, 15) is 4.79 Å². The number of urea groups is 1. The minimum Gasteiger partial charge on any atom is -0.472 e. The highest BCUT2D eigenvalue weighted by Crippen LogP contribution is 2.29. The molecule has 7 heteroatoms. The highest BCUT2D eigenvalue weighted by Gasteiger charge is 2.27. The van der Waals surface area contributed by atoms with Crippen LogP contribution in [0.4, 0.5) is 10.5 Å². The smallest absolute Gasteiger partial charge is 0.321 e. The second-order valence-electron chi connectivity index (χ2n) is 6.52. The first-order valence-corrected chi connectivity index (χ1v) is 8.67. The molecule has 3 aromatic rings. The molecule has 3 heterocycles. The first-order chi connectivity index (χ1) is 12.7. The maximum Gasteiger partial charge on any atom is 0.321 e. The average molecular weight is 352 g/mol. The summed E-state index contributed by atoms with van der Waals surface area (Å²) in [6.07, 6.45) is 4.75. The number of nitrogens with one attached hydrogen (secondary N) is 1. The van der Waals surface area contributed by atoms with Gasteiger partial charge in [0.25, 0.3) is 5.89 Å². The van der Waals surface area contributed by atoms with Gasteiger partial charge in [0, 0.05) is 24.7 Å². The largest absolute Gasteiger partial charge is 0.472 e. The summed E-state index contributed by atoms with van der Waals surface area (Å²) in [4.78, 5) is 14.3. The maximum absolute atomic E-state index is 12.4. The van der Waals surface area contributed by atoms with Crippen molar-refractivity contribution in [3.8, 4) is 11.5 Å². The number of rotatable bonds is 3. The molecule has 0 spiro atoms. The minimum atomic E-state index is -0.0707. The lowest BCUT2D eigenvalue weighted by atomic mass is 9.97. The van der Waals surface area contributed by atoms with Crippen LogP contribution in [0.3, 0.4) is 0 Å². The summed E-state index contributed by atoms with van der Waals surface area (Å²) in [6.45, 7) is 3.32. The van der Waals surface area contributed by atoms with Gasteiger partial charge in [-0.25, -0.2) is 4.79 Å². The molecule has 0 radical (unpaired) electrons. The fraction of sp³-hybridized carbons (Fsp3) is 0.316. The Morgan fingerprint density at radius 1 is 1.23 bits per heavy atom. The molecule has 0 saturated carbocycles. The summed E-state index contributed by atoms with van der Waals surface area (Å²) in [7, 11) is 0. The van der Waals surface area contributed by atoms with Crippen molar-refractivity contribution in [1.82, 2.24) is 15.1 Å². The van der Waals surface area contributed by atoms with E-state index in [1.807, 2.05) is 36.1 Å². The fourth-order valence-corrected chi connectivity index (χ4v) is 3.16. The van der Waals surface area contributed by atoms with Crippen LogP contribution in [-0.4, -0.2) is 34.2 Å². The number of likely N-dealkylation sites (tertiary alicyclic amines) is 1. The number of anilines is 1. The number of furan rings is 1. The number of hydrogen-bond acceptors (Lipinski definition) is 5. The first-order valence-electron chi connectivity index (χ1n) is 8.67. The van der Waals surface area contributed by atoms with Crippen molar-refractivity contribution in [2.45, 2.75) is 25.7 Å². The van der Waals surface area contributed by atoms with E-state index in [2.05, 4.69) is 15.5 Å². The van der Waals surface area contributed by atoms with Gasteiger partial charge in [0.1, 0.15) is 6.26 Å². The van der Waals surface area contributed by atoms with Gasteiger partial charge in [-0.2, -0.15) is 0 Å². The second kappa shape index (κ2) is 7.03. The molecule has 1 N–H and O–H groups in total. The molecule has 2 aromatic heterocycles. The molecule has 7 nitrogen and oxygen atoms in total. The van der Waals surface area contributed by atoms with Gasteiger partial charge >= 0.3 is 6.03 Å². The predicted octanol–water partition coefficient (Wildman–Crippen LogP) is 4.05. The lowest BCUT2D eigenvalue weighted by molar-refractivity contribution is 0.190. The SMILES string of the molecule is Cc1cccc(NC(=O)N2CCC(c3nnc(-c4ccoc4)o3)CC2)c1. The molecule has 4 rings (SSSR count). The molecule has 2 amide bonds. The molecule has 0 unspecified atom stereocenters. The zero-order valence-electron chi connectivity index (χ0n) is 14.5. The van der Waals surface area contributed by atoms with Gasteiger partial charge in [0.15, 0.2) is 0 Å². The number of piperidine rings is 1. The van der Waals surface area contributed by atoms with Crippen LogP contribution in [0.25, 0.3) is 11.5 Å². The third-order valence-corrected chi connectivity index (χ3v) is 4.61. The van der Waals surface area contributed by atoms with Crippen molar-refractivity contribution in [2.24, 2.45) is 0 Å². The number of hydrogen-bond donors (Lipinski definition) is 1. The molecular weight excluding hydrogens is 332 g/mol. The molecule has 26 heavy (non-hydrogen) atoms. The van der Waals surface area contributed by atoms with Crippen molar-refractivity contribution in [3.63, 3.8) is 0 Å². The Morgan fingerprint density at radius 3 is 2.81 bits per heavy atom. The number of carbonyl (C=O) groups is 1. The Kier molecular flexibility index (Phi) is 4.43. The summed E-state index contributed by atoms with van der Waals surface area (Å²) in [5, 5.41) is 11.2. The van der Waals surface area contributed by atoms with Crippen molar-refractivity contribution >= 4 is 11.7 Å². The number of aryl methyl sites for hydroxylation is 1. The van der Waals surface area contributed by atoms with E-state index in [-0.39, 0.29) is 11.9 Å². The number of amides is 2. The van der Waals surface area contributed by atoms with Crippen molar-refractivity contribution in [2.75, 3.05) is 18.4 Å². The van der Waals surface area contributed by atoms with Crippen LogP contribution in [-0.2, 0) is 0 Å². The fourth-order valence-electron chi connectivity index (χ4n) is 3.16. The molecule has 1 aromatic carbocycles. The molecule has 1 fully saturated rings. The Bertz CT molecular complexity index is 880. The summed E-state index contributed by atoms with van der Waals surface area (Å²) in [5.74, 6) is 1.26. The number of nitrogens with zero attached hydrogens (tertiary/aromatic N) is 3. The third kappa shape index (κ3) is 3.46. The van der Waals surface area contributed by atoms with Crippen LogP contribution in [0, 0.1) is 6.92 Å². The lowest BCUT2D eigenvalue weighted by Crippen LogP contribution is -2.40. The highest BCUT2D eigenvalue weighted by molar-refractivity contribution is 5.89. The van der Waals surface area contributed by atoms with Crippen molar-refractivity contribution in [1.29, 1.82) is 0 Å². The van der Waals surface area contributed by atoms with Crippen molar-refractivity contribution in [3.05, 3.63) is 54.3 Å². The minimum absolute atomic E-state index is 0.0707. The summed E-state index contributed by atoms with van der Waals surface area (Å²) >= 11 is 0. The number of aromatic nitrogens is 2. The third-order valence-electron chi connectivity index (χ3n) is 4.61. The molecule has 1 aliphatic rings. The van der Waals surface area contributed by atoms with Gasteiger partial charge in [0.2, 0.25) is 5.89 Å². The van der Waals surface area contributed by atoms with Crippen LogP contribution >= 0.6 is 0 Å². The van der Waals surface area contributed by atoms with Gasteiger partial charge < -0.3 is 19.1 Å². The molecule has 0 bridgehead atoms. The molecule has 1 aliphatic heterocycles. The summed E-state index contributed by atoms with van der Waals surface area (Å²) in [5.41, 5.74) is 2.71. The molecule has 1 saturated heterocycles. The van der Waals surface area contributed by atoms with Crippen LogP contribution in [0.2, 0.25) is 0 Å². The van der Waals surface area contributed by atoms with E-state index in [1.165, 1.54) is 0 Å². The second-order valence-corrected chi connectivity index (χ2v) is 6.52. The Balaban J connectivity index is 1.34. The Hall–Kier alpha value is -3.09. The average Bonchev–Trinajstić information content (AvgIpc) is 3.33. The zero-order chi connectivity index (χ0) is 17.9. The molecule has 0 atom stereocenters. The topological polar surface area (TPSA) is 84.4 Å². The van der Waals surface area contributed by atoms with Crippen LogP contribution in [0.1, 0.15) is 30.2 Å². The van der Waals surface area contributed by atoms with Gasteiger partial charge in [-0.05, 0) is 43.5 Å². The number of benzene rings is 1. The Morgan fingerprint density at radius 2 is 2.08 bits per heavy atom. The number of carbonyl (C=O) groups excluding carboxylic acids is 1. The van der Waals surface area contributed by atoms with Crippen LogP contribution in [0.5, 0.6) is 0 Å². The summed E-state index contributed by atoms with van der Waals surface area (Å²) < 4.78 is 10.8. The summed E-state index contributed by atoms with van der Waals surface area (Å²) in [6, 6.07) is 9.51. The van der Waals surface area contributed by atoms with Gasteiger partial charge in [-0.15, -0.1) is 10.2 Å².